The van der Waals surface area contributed by atoms with Gasteiger partial charge in [0.25, 0.3) is 0 Å². The number of hydrogen-bond acceptors (Lipinski definition) is 4. The highest BCUT2D eigenvalue weighted by molar-refractivity contribution is 14.0. The van der Waals surface area contributed by atoms with E-state index < -0.39 is 11.9 Å². The smallest absolute Gasteiger partial charge is 0.350 e. The van der Waals surface area contributed by atoms with Crippen LogP contribution in [0, 0.1) is 0 Å². The molecule has 1 fully saturated rings. The van der Waals surface area contributed by atoms with Gasteiger partial charge in [0.2, 0.25) is 0 Å². The molecule has 25 heavy (non-hydrogen) atoms. The van der Waals surface area contributed by atoms with Crippen LogP contribution in [-0.4, -0.2) is 60.5 Å². The van der Waals surface area contributed by atoms with Crippen molar-refractivity contribution in [2.24, 2.45) is 4.99 Å². The Morgan fingerprint density at radius 1 is 1.52 bits per heavy atom. The molecule has 1 aromatic rings. The zero-order chi connectivity index (χ0) is 17.7. The zero-order valence-corrected chi connectivity index (χ0v) is 17.8. The molecular weight excluding hydrogens is 466 g/mol. The molecule has 1 N–H and O–H groups in total. The van der Waals surface area contributed by atoms with Gasteiger partial charge in [0.05, 0.1) is 6.54 Å². The fraction of sp³-hybridized carbons (Fsp3) is 0.733. The van der Waals surface area contributed by atoms with Crippen LogP contribution in [0.2, 0.25) is 0 Å². The topological polar surface area (TPSA) is 43.8 Å². The van der Waals surface area contributed by atoms with Crippen molar-refractivity contribution in [3.05, 3.63) is 16.1 Å². The predicted octanol–water partition coefficient (Wildman–Crippen LogP) is 3.27. The molecule has 2 rings (SSSR count). The van der Waals surface area contributed by atoms with Crippen LogP contribution >= 0.6 is 35.3 Å². The number of aliphatic imine (C=N–C) groups is 1. The number of guanidine groups is 1. The van der Waals surface area contributed by atoms with Gasteiger partial charge in [-0.15, -0.1) is 35.3 Å². The van der Waals surface area contributed by atoms with E-state index in [-0.39, 0.29) is 30.5 Å². The first kappa shape index (κ1) is 22.4. The molecule has 144 valence electrons. The van der Waals surface area contributed by atoms with Crippen molar-refractivity contribution in [1.29, 1.82) is 0 Å². The van der Waals surface area contributed by atoms with E-state index in [4.69, 9.17) is 0 Å². The summed E-state index contributed by atoms with van der Waals surface area (Å²) in [5.41, 5.74) is -0.836. The van der Waals surface area contributed by atoms with E-state index in [0.717, 1.165) is 42.8 Å². The van der Waals surface area contributed by atoms with Crippen molar-refractivity contribution in [2.45, 2.75) is 38.5 Å². The molecule has 2 heterocycles. The van der Waals surface area contributed by atoms with Crippen molar-refractivity contribution < 1.29 is 13.2 Å². The van der Waals surface area contributed by atoms with Crippen molar-refractivity contribution >= 4 is 41.3 Å². The molecule has 1 saturated heterocycles. The van der Waals surface area contributed by atoms with Crippen LogP contribution in [0.25, 0.3) is 0 Å². The minimum Gasteiger partial charge on any atom is -0.350 e. The number of likely N-dealkylation sites (tertiary alicyclic amines) is 1. The van der Waals surface area contributed by atoms with E-state index in [1.54, 1.807) is 7.05 Å². The van der Waals surface area contributed by atoms with Gasteiger partial charge in [-0.2, -0.15) is 13.2 Å². The molecule has 0 amide bonds. The summed E-state index contributed by atoms with van der Waals surface area (Å²) in [7, 11) is 3.62. The average Bonchev–Trinajstić information content (AvgIpc) is 3.16. The molecule has 0 saturated carbocycles. The Bertz CT molecular complexity index is 564. The second kappa shape index (κ2) is 9.91. The molecular formula is C15H25F3IN5S. The first-order valence-electron chi connectivity index (χ1n) is 8.02. The number of nitrogens with one attached hydrogen (secondary N) is 1. The van der Waals surface area contributed by atoms with Gasteiger partial charge in [-0.05, 0) is 25.9 Å². The third kappa shape index (κ3) is 6.24. The maximum absolute atomic E-state index is 12.6. The van der Waals surface area contributed by atoms with Gasteiger partial charge in [-0.3, -0.25) is 9.89 Å². The van der Waals surface area contributed by atoms with E-state index >= 15 is 0 Å². The molecule has 5 nitrogen and oxygen atoms in total. The van der Waals surface area contributed by atoms with Gasteiger partial charge < -0.3 is 10.2 Å². The van der Waals surface area contributed by atoms with Crippen LogP contribution in [0.3, 0.4) is 0 Å². The normalized spacial score (nSPS) is 19.0. The SMILES string of the molecule is CCN1CCCC1CN(C)C(=NC)NCc1nc(C(F)(F)F)cs1.I. The van der Waals surface area contributed by atoms with Gasteiger partial charge in [0.15, 0.2) is 11.7 Å². The van der Waals surface area contributed by atoms with Gasteiger partial charge in [0, 0.05) is 32.1 Å². The minimum atomic E-state index is -4.39. The molecule has 1 unspecified atom stereocenters. The summed E-state index contributed by atoms with van der Waals surface area (Å²) < 4.78 is 37.7. The van der Waals surface area contributed by atoms with Crippen molar-refractivity contribution in [3.8, 4) is 0 Å². The van der Waals surface area contributed by atoms with Crippen LogP contribution < -0.4 is 5.32 Å². The number of alkyl halides is 3. The number of rotatable bonds is 5. The van der Waals surface area contributed by atoms with E-state index in [1.165, 1.54) is 6.42 Å². The Labute approximate surface area is 167 Å². The molecule has 1 aliphatic rings. The average molecular weight is 491 g/mol. The lowest BCUT2D eigenvalue weighted by molar-refractivity contribution is -0.140. The molecule has 0 bridgehead atoms. The minimum absolute atomic E-state index is 0. The van der Waals surface area contributed by atoms with E-state index in [9.17, 15) is 13.2 Å². The van der Waals surface area contributed by atoms with Crippen molar-refractivity contribution in [1.82, 2.24) is 20.1 Å². The van der Waals surface area contributed by atoms with E-state index in [1.807, 2.05) is 11.9 Å². The molecule has 1 atom stereocenters. The summed E-state index contributed by atoms with van der Waals surface area (Å²) >= 11 is 1.00. The number of nitrogens with zero attached hydrogens (tertiary/aromatic N) is 4. The number of thiazole rings is 1. The van der Waals surface area contributed by atoms with Gasteiger partial charge in [0.1, 0.15) is 5.01 Å². The van der Waals surface area contributed by atoms with Crippen LogP contribution in [0.15, 0.2) is 10.4 Å². The first-order valence-corrected chi connectivity index (χ1v) is 8.90. The molecule has 1 aliphatic heterocycles. The second-order valence-electron chi connectivity index (χ2n) is 5.83. The predicted molar refractivity (Wildman–Crippen MR) is 106 cm³/mol. The molecule has 0 radical (unpaired) electrons. The fourth-order valence-electron chi connectivity index (χ4n) is 2.98. The first-order chi connectivity index (χ1) is 11.3. The number of likely N-dealkylation sites (N-methyl/N-ethyl adjacent to an activating group) is 2. The van der Waals surface area contributed by atoms with Gasteiger partial charge >= 0.3 is 6.18 Å². The molecule has 0 aliphatic carbocycles. The fourth-order valence-corrected chi connectivity index (χ4v) is 3.72. The molecule has 0 spiro atoms. The number of halogens is 4. The second-order valence-corrected chi connectivity index (χ2v) is 6.77. The molecule has 0 aromatic carbocycles. The lowest BCUT2D eigenvalue weighted by Crippen LogP contribution is -2.45. The van der Waals surface area contributed by atoms with Crippen LogP contribution in [-0.2, 0) is 12.7 Å². The zero-order valence-electron chi connectivity index (χ0n) is 14.6. The van der Waals surface area contributed by atoms with Crippen molar-refractivity contribution in [2.75, 3.05) is 33.7 Å². The largest absolute Gasteiger partial charge is 0.434 e. The third-order valence-electron chi connectivity index (χ3n) is 4.20. The van der Waals surface area contributed by atoms with Gasteiger partial charge in [-0.25, -0.2) is 4.98 Å². The lowest BCUT2D eigenvalue weighted by Gasteiger charge is -2.29. The Morgan fingerprint density at radius 2 is 2.24 bits per heavy atom. The van der Waals surface area contributed by atoms with Crippen LogP contribution in [0.4, 0.5) is 13.2 Å². The standard InChI is InChI=1S/C15H24F3N5S.HI/c1-4-23-7-5-6-11(23)9-22(3)14(19-2)20-8-13-21-12(10-24-13)15(16,17)18;/h10-11H,4-9H2,1-3H3,(H,19,20);1H. The third-order valence-corrected chi connectivity index (χ3v) is 5.05. The number of aromatic nitrogens is 1. The Hall–Kier alpha value is -0.620. The van der Waals surface area contributed by atoms with Gasteiger partial charge in [-0.1, -0.05) is 6.92 Å². The molecule has 1 aromatic heterocycles. The van der Waals surface area contributed by atoms with Crippen LogP contribution in [0.5, 0.6) is 0 Å². The Morgan fingerprint density at radius 3 is 2.80 bits per heavy atom. The lowest BCUT2D eigenvalue weighted by atomic mass is 10.2. The maximum Gasteiger partial charge on any atom is 0.434 e. The summed E-state index contributed by atoms with van der Waals surface area (Å²) in [6, 6.07) is 0.496. The van der Waals surface area contributed by atoms with E-state index in [0.29, 0.717) is 17.0 Å². The highest BCUT2D eigenvalue weighted by atomic mass is 127. The molecule has 10 heteroatoms. The highest BCUT2D eigenvalue weighted by Gasteiger charge is 2.33. The van der Waals surface area contributed by atoms with Crippen molar-refractivity contribution in [3.63, 3.8) is 0 Å². The number of hydrogen-bond donors (Lipinski definition) is 1. The summed E-state index contributed by atoms with van der Waals surface area (Å²) in [6.07, 6.45) is -2.02. The summed E-state index contributed by atoms with van der Waals surface area (Å²) in [4.78, 5) is 12.3. The highest BCUT2D eigenvalue weighted by Crippen LogP contribution is 2.29. The Balaban J connectivity index is 0.00000312. The monoisotopic (exact) mass is 491 g/mol. The van der Waals surface area contributed by atoms with E-state index in [2.05, 4.69) is 27.1 Å². The van der Waals surface area contributed by atoms with Crippen LogP contribution in [0.1, 0.15) is 30.5 Å². The quantitative estimate of drug-likeness (QED) is 0.390. The maximum atomic E-state index is 12.6. The summed E-state index contributed by atoms with van der Waals surface area (Å²) in [5.74, 6) is 0.668. The summed E-state index contributed by atoms with van der Waals surface area (Å²) in [5, 5.41) is 4.53. The summed E-state index contributed by atoms with van der Waals surface area (Å²) in [6.45, 7) is 5.40. The Kier molecular flexibility index (Phi) is 8.89.